The average Bonchev–Trinajstić information content (AvgIpc) is 2.64. The number of hydrogen-bond acceptors (Lipinski definition) is 4. The number of fused-ring (bicyclic) bond motifs is 1. The van der Waals surface area contributed by atoms with Gasteiger partial charge in [0.25, 0.3) is 0 Å². The van der Waals surface area contributed by atoms with E-state index in [0.717, 1.165) is 41.8 Å². The summed E-state index contributed by atoms with van der Waals surface area (Å²) >= 11 is 0. The van der Waals surface area contributed by atoms with Crippen LogP contribution in [0.2, 0.25) is 0 Å². The highest BCUT2D eigenvalue weighted by molar-refractivity contribution is 8.24. The molecule has 0 radical (unpaired) electrons. The van der Waals surface area contributed by atoms with Gasteiger partial charge in [-0.3, -0.25) is 14.0 Å². The van der Waals surface area contributed by atoms with Crippen LogP contribution in [0, 0.1) is 0 Å². The van der Waals surface area contributed by atoms with Crippen LogP contribution in [0.15, 0.2) is 60.7 Å². The predicted molar refractivity (Wildman–Crippen MR) is 105 cm³/mol. The quantitative estimate of drug-likeness (QED) is 0.729. The van der Waals surface area contributed by atoms with Crippen molar-refractivity contribution in [3.8, 4) is 11.3 Å². The first-order valence-corrected chi connectivity index (χ1v) is 10.4. The number of hydrogen-bond donors (Lipinski definition) is 2. The highest BCUT2D eigenvalue weighted by atomic mass is 32.3. The maximum Gasteiger partial charge on any atom is 0.0709 e. The SMILES string of the molecule is OS1(O)CCN(Cc2ccc(-c3ccc4ccccc4n3)cc2)CC1. The summed E-state index contributed by atoms with van der Waals surface area (Å²) < 4.78 is 19.4. The van der Waals surface area contributed by atoms with E-state index in [2.05, 4.69) is 47.4 Å². The molecule has 0 aliphatic carbocycles. The summed E-state index contributed by atoms with van der Waals surface area (Å²) in [4.78, 5) is 7.02. The van der Waals surface area contributed by atoms with Gasteiger partial charge in [0, 0.05) is 30.6 Å². The monoisotopic (exact) mass is 354 g/mol. The van der Waals surface area contributed by atoms with E-state index in [9.17, 15) is 9.11 Å². The molecule has 0 unspecified atom stereocenters. The number of aromatic nitrogens is 1. The Morgan fingerprint density at radius 1 is 0.880 bits per heavy atom. The van der Waals surface area contributed by atoms with Gasteiger partial charge in [0.15, 0.2) is 0 Å². The van der Waals surface area contributed by atoms with Crippen LogP contribution in [0.25, 0.3) is 22.2 Å². The Morgan fingerprint density at radius 2 is 1.60 bits per heavy atom. The lowest BCUT2D eigenvalue weighted by Crippen LogP contribution is -2.37. The lowest BCUT2D eigenvalue weighted by Gasteiger charge is -2.41. The van der Waals surface area contributed by atoms with Crippen molar-refractivity contribution in [3.63, 3.8) is 0 Å². The average molecular weight is 354 g/mol. The second kappa shape index (κ2) is 6.77. The van der Waals surface area contributed by atoms with Crippen molar-refractivity contribution in [2.75, 3.05) is 24.6 Å². The Morgan fingerprint density at radius 3 is 2.36 bits per heavy atom. The van der Waals surface area contributed by atoms with Crippen LogP contribution in [-0.2, 0) is 6.54 Å². The molecule has 5 heteroatoms. The third-order valence-electron chi connectivity index (χ3n) is 4.72. The molecule has 0 atom stereocenters. The maximum atomic E-state index is 9.70. The largest absolute Gasteiger partial charge is 0.299 e. The molecular weight excluding hydrogens is 332 g/mol. The van der Waals surface area contributed by atoms with Gasteiger partial charge in [-0.2, -0.15) is 10.6 Å². The van der Waals surface area contributed by atoms with Gasteiger partial charge >= 0.3 is 0 Å². The molecular formula is C20H22N2O2S. The number of para-hydroxylation sites is 1. The van der Waals surface area contributed by atoms with Gasteiger partial charge in [-0.25, -0.2) is 4.98 Å². The first kappa shape index (κ1) is 16.5. The Labute approximate surface area is 149 Å². The Kier molecular flexibility index (Phi) is 4.48. The summed E-state index contributed by atoms with van der Waals surface area (Å²) in [6, 6.07) is 20.8. The van der Waals surface area contributed by atoms with E-state index in [4.69, 9.17) is 4.98 Å². The van der Waals surface area contributed by atoms with Crippen LogP contribution in [0.4, 0.5) is 0 Å². The fourth-order valence-electron chi connectivity index (χ4n) is 3.19. The number of rotatable bonds is 3. The molecule has 25 heavy (non-hydrogen) atoms. The second-order valence-corrected chi connectivity index (χ2v) is 8.99. The summed E-state index contributed by atoms with van der Waals surface area (Å²) in [5.74, 6) is 0.984. The molecule has 4 nitrogen and oxygen atoms in total. The topological polar surface area (TPSA) is 56.6 Å². The van der Waals surface area contributed by atoms with E-state index < -0.39 is 10.6 Å². The Hall–Kier alpha value is -1.92. The number of benzene rings is 2. The molecule has 130 valence electrons. The molecule has 0 saturated carbocycles. The molecule has 1 aliphatic heterocycles. The van der Waals surface area contributed by atoms with Crippen molar-refractivity contribution in [3.05, 3.63) is 66.2 Å². The summed E-state index contributed by atoms with van der Waals surface area (Å²) in [6.45, 7) is 2.34. The van der Waals surface area contributed by atoms with Crippen molar-refractivity contribution in [2.24, 2.45) is 0 Å². The molecule has 2 heterocycles. The lowest BCUT2D eigenvalue weighted by molar-refractivity contribution is 0.278. The van der Waals surface area contributed by atoms with E-state index in [1.54, 1.807) is 0 Å². The zero-order valence-corrected chi connectivity index (χ0v) is 14.8. The second-order valence-electron chi connectivity index (χ2n) is 6.57. The maximum absolute atomic E-state index is 9.70. The number of nitrogens with zero attached hydrogens (tertiary/aromatic N) is 2. The number of pyridine rings is 1. The summed E-state index contributed by atoms with van der Waals surface area (Å²) in [6.07, 6.45) is 0. The molecule has 4 rings (SSSR count). The summed E-state index contributed by atoms with van der Waals surface area (Å²) in [7, 11) is -2.32. The first-order chi connectivity index (χ1) is 12.1. The Balaban J connectivity index is 1.48. The van der Waals surface area contributed by atoms with Gasteiger partial charge in [-0.15, -0.1) is 0 Å². The molecule has 1 fully saturated rings. The van der Waals surface area contributed by atoms with Crippen LogP contribution >= 0.6 is 10.6 Å². The van der Waals surface area contributed by atoms with Gasteiger partial charge in [0.2, 0.25) is 0 Å². The first-order valence-electron chi connectivity index (χ1n) is 8.50. The summed E-state index contributed by atoms with van der Waals surface area (Å²) in [5, 5.41) is 1.15. The minimum atomic E-state index is -2.32. The van der Waals surface area contributed by atoms with E-state index >= 15 is 0 Å². The third-order valence-corrected chi connectivity index (χ3v) is 6.40. The Bertz CT molecular complexity index is 870. The van der Waals surface area contributed by atoms with Crippen LogP contribution < -0.4 is 0 Å². The third kappa shape index (κ3) is 3.85. The molecule has 1 saturated heterocycles. The van der Waals surface area contributed by atoms with E-state index in [1.165, 1.54) is 5.56 Å². The van der Waals surface area contributed by atoms with Gasteiger partial charge < -0.3 is 0 Å². The van der Waals surface area contributed by atoms with Crippen molar-refractivity contribution in [2.45, 2.75) is 6.54 Å². The van der Waals surface area contributed by atoms with E-state index in [0.29, 0.717) is 11.5 Å². The molecule has 1 aliphatic rings. The van der Waals surface area contributed by atoms with Gasteiger partial charge in [0.05, 0.1) is 22.7 Å². The molecule has 0 amide bonds. The minimum absolute atomic E-state index is 0.492. The molecule has 2 aromatic carbocycles. The fourth-order valence-corrected chi connectivity index (χ4v) is 4.49. The van der Waals surface area contributed by atoms with Gasteiger partial charge in [-0.05, 0) is 17.7 Å². The van der Waals surface area contributed by atoms with Crippen LogP contribution in [0.3, 0.4) is 0 Å². The van der Waals surface area contributed by atoms with Crippen molar-refractivity contribution in [1.82, 2.24) is 9.88 Å². The zero-order valence-electron chi connectivity index (χ0n) is 14.0. The highest BCUT2D eigenvalue weighted by Crippen LogP contribution is 2.40. The molecule has 0 spiro atoms. The van der Waals surface area contributed by atoms with Crippen LogP contribution in [0.5, 0.6) is 0 Å². The summed E-state index contributed by atoms with van der Waals surface area (Å²) in [5.41, 5.74) is 4.35. The molecule has 2 N–H and O–H groups in total. The van der Waals surface area contributed by atoms with Crippen molar-refractivity contribution in [1.29, 1.82) is 0 Å². The zero-order chi connectivity index (χ0) is 17.3. The van der Waals surface area contributed by atoms with Crippen LogP contribution in [-0.4, -0.2) is 43.6 Å². The lowest BCUT2D eigenvalue weighted by atomic mass is 10.1. The molecule has 0 bridgehead atoms. The van der Waals surface area contributed by atoms with Crippen molar-refractivity contribution >= 4 is 21.5 Å². The van der Waals surface area contributed by atoms with Crippen molar-refractivity contribution < 1.29 is 9.11 Å². The standard InChI is InChI=1S/C20H22N2O2S/c23-25(24)13-11-22(12-14-25)15-16-5-7-18(8-6-16)20-10-9-17-3-1-2-4-19(17)21-20/h1-10,23-24H,11-15H2. The molecule has 1 aromatic heterocycles. The van der Waals surface area contributed by atoms with E-state index in [1.807, 2.05) is 18.2 Å². The molecule has 3 aromatic rings. The highest BCUT2D eigenvalue weighted by Gasteiger charge is 2.21. The smallest absolute Gasteiger partial charge is 0.0709 e. The van der Waals surface area contributed by atoms with Gasteiger partial charge in [0.1, 0.15) is 0 Å². The minimum Gasteiger partial charge on any atom is -0.299 e. The predicted octanol–water partition coefficient (Wildman–Crippen LogP) is 4.47. The van der Waals surface area contributed by atoms with E-state index in [-0.39, 0.29) is 0 Å². The normalized spacial score (nSPS) is 19.0. The van der Waals surface area contributed by atoms with Crippen LogP contribution in [0.1, 0.15) is 5.56 Å². The van der Waals surface area contributed by atoms with Gasteiger partial charge in [-0.1, -0.05) is 48.5 Å². The fraction of sp³-hybridized carbons (Fsp3) is 0.250.